The smallest absolute Gasteiger partial charge is 0.133 e. The van der Waals surface area contributed by atoms with E-state index in [9.17, 15) is 9.32 Å². The van der Waals surface area contributed by atoms with Crippen LogP contribution in [0.4, 0.5) is 0 Å². The topological polar surface area (TPSA) is 53.4 Å². The lowest BCUT2D eigenvalue weighted by molar-refractivity contribution is -0.0314. The molecule has 0 saturated carbocycles. The van der Waals surface area contributed by atoms with Gasteiger partial charge in [-0.3, -0.25) is 4.21 Å². The first kappa shape index (κ1) is 21.2. The summed E-state index contributed by atoms with van der Waals surface area (Å²) in [6, 6.07) is 21.7. The molecule has 0 amide bonds. The van der Waals surface area contributed by atoms with Gasteiger partial charge >= 0.3 is 0 Å². The maximum Gasteiger partial charge on any atom is 0.133 e. The van der Waals surface area contributed by atoms with Crippen molar-refractivity contribution >= 4 is 10.8 Å². The number of hydrogen-bond acceptors (Lipinski definition) is 4. The number of aliphatic hydroxyl groups is 1. The van der Waals surface area contributed by atoms with Crippen molar-refractivity contribution in [2.24, 2.45) is 0 Å². The quantitative estimate of drug-likeness (QED) is 0.618. The van der Waals surface area contributed by atoms with Crippen LogP contribution in [0.15, 0.2) is 71.9 Å². The van der Waals surface area contributed by atoms with Crippen LogP contribution in [0, 0.1) is 0 Å². The Morgan fingerprint density at radius 1 is 0.970 bits per heavy atom. The second-order valence-electron chi connectivity index (χ2n) is 9.81. The van der Waals surface area contributed by atoms with E-state index in [1.54, 1.807) is 6.20 Å². The normalized spacial score (nSPS) is 26.1. The van der Waals surface area contributed by atoms with Crippen LogP contribution in [0.2, 0.25) is 0 Å². The van der Waals surface area contributed by atoms with Crippen molar-refractivity contribution in [3.8, 4) is 0 Å². The molecule has 0 radical (unpaired) electrons. The van der Waals surface area contributed by atoms with Gasteiger partial charge in [-0.15, -0.1) is 0 Å². The Bertz CT molecular complexity index is 1180. The summed E-state index contributed by atoms with van der Waals surface area (Å²) in [5.74, 6) is 1.01. The van der Waals surface area contributed by atoms with Gasteiger partial charge in [0.15, 0.2) is 0 Å². The summed E-state index contributed by atoms with van der Waals surface area (Å²) in [6.07, 6.45) is 4.09. The molecule has 1 atom stereocenters. The van der Waals surface area contributed by atoms with Gasteiger partial charge in [-0.2, -0.15) is 0 Å². The molecule has 2 aromatic carbocycles. The summed E-state index contributed by atoms with van der Waals surface area (Å²) < 4.78 is 12.6. The summed E-state index contributed by atoms with van der Waals surface area (Å²) in [5, 5.41) is 12.1. The summed E-state index contributed by atoms with van der Waals surface area (Å²) in [6.45, 7) is 4.52. The zero-order valence-corrected chi connectivity index (χ0v) is 19.9. The molecule has 5 heteroatoms. The minimum absolute atomic E-state index is 0.0382. The van der Waals surface area contributed by atoms with Crippen LogP contribution in [0.25, 0.3) is 0 Å². The number of pyridine rings is 1. The van der Waals surface area contributed by atoms with E-state index in [1.165, 1.54) is 22.3 Å². The van der Waals surface area contributed by atoms with Crippen molar-refractivity contribution in [1.82, 2.24) is 9.88 Å². The van der Waals surface area contributed by atoms with Gasteiger partial charge in [-0.25, -0.2) is 4.98 Å². The SMILES string of the molecule is CC[S@](=O)c1ncccc1C1(O)CCN(CC23CC(c4ccccc42)c2ccccc23)CC1. The van der Waals surface area contributed by atoms with Gasteiger partial charge in [0, 0.05) is 48.5 Å². The average molecular weight is 459 g/mol. The number of piperidine rings is 1. The molecule has 4 nitrogen and oxygen atoms in total. The zero-order valence-electron chi connectivity index (χ0n) is 19.0. The molecule has 170 valence electrons. The third-order valence-electron chi connectivity index (χ3n) is 8.18. The first-order valence-corrected chi connectivity index (χ1v) is 13.3. The van der Waals surface area contributed by atoms with Crippen LogP contribution in [0.5, 0.6) is 0 Å². The minimum atomic E-state index is -1.18. The van der Waals surface area contributed by atoms with Crippen LogP contribution in [-0.4, -0.2) is 44.6 Å². The fourth-order valence-electron chi connectivity index (χ4n) is 6.60. The standard InChI is InChI=1S/C28H30N2O2S/c1-2-33(32)26-25(12-7-15-29-26)28(31)13-16-30(17-14-28)19-27-18-22(20-8-3-5-10-23(20)27)21-9-4-6-11-24(21)27/h3-12,15,22,31H,2,13-14,16-19H2,1H3/t22?,27?,33-/m0/s1. The van der Waals surface area contributed by atoms with Crippen molar-refractivity contribution in [2.45, 2.75) is 48.1 Å². The summed E-state index contributed by atoms with van der Waals surface area (Å²) in [4.78, 5) is 6.91. The number of aromatic nitrogens is 1. The number of hydrogen-bond donors (Lipinski definition) is 1. The van der Waals surface area contributed by atoms with Crippen LogP contribution < -0.4 is 0 Å². The zero-order chi connectivity index (χ0) is 22.6. The molecule has 2 heterocycles. The number of rotatable bonds is 5. The number of fused-ring (bicyclic) bond motifs is 8. The molecule has 3 aliphatic rings. The first-order valence-electron chi connectivity index (χ1n) is 12.0. The van der Waals surface area contributed by atoms with Crippen molar-refractivity contribution in [3.05, 3.63) is 94.7 Å². The lowest BCUT2D eigenvalue weighted by atomic mass is 9.74. The Morgan fingerprint density at radius 2 is 1.58 bits per heavy atom. The highest BCUT2D eigenvalue weighted by Gasteiger charge is 2.53. The lowest BCUT2D eigenvalue weighted by Gasteiger charge is -2.43. The van der Waals surface area contributed by atoms with Gasteiger partial charge in [0.05, 0.1) is 16.4 Å². The monoisotopic (exact) mass is 458 g/mol. The van der Waals surface area contributed by atoms with Crippen molar-refractivity contribution < 1.29 is 9.32 Å². The van der Waals surface area contributed by atoms with E-state index in [4.69, 9.17) is 0 Å². The third kappa shape index (κ3) is 3.17. The Labute approximate surface area is 198 Å². The van der Waals surface area contributed by atoms with E-state index in [1.807, 2.05) is 19.1 Å². The highest BCUT2D eigenvalue weighted by Crippen LogP contribution is 2.60. The molecular weight excluding hydrogens is 428 g/mol. The molecule has 1 aromatic heterocycles. The molecule has 3 aromatic rings. The van der Waals surface area contributed by atoms with Gasteiger partial charge in [-0.1, -0.05) is 61.5 Å². The van der Waals surface area contributed by atoms with Gasteiger partial charge < -0.3 is 10.0 Å². The molecule has 1 aliphatic heterocycles. The van der Waals surface area contributed by atoms with Gasteiger partial charge in [0.2, 0.25) is 0 Å². The largest absolute Gasteiger partial charge is 0.385 e. The lowest BCUT2D eigenvalue weighted by Crippen LogP contribution is -2.48. The Balaban J connectivity index is 1.28. The van der Waals surface area contributed by atoms with E-state index >= 15 is 0 Å². The fraction of sp³-hybridized carbons (Fsp3) is 0.393. The molecule has 2 aliphatic carbocycles. The van der Waals surface area contributed by atoms with Gasteiger partial charge in [0.1, 0.15) is 5.03 Å². The average Bonchev–Trinajstić information content (AvgIpc) is 3.37. The summed E-state index contributed by atoms with van der Waals surface area (Å²) in [7, 11) is -1.18. The van der Waals surface area contributed by atoms with Crippen molar-refractivity contribution in [3.63, 3.8) is 0 Å². The van der Waals surface area contributed by atoms with E-state index in [2.05, 4.69) is 58.4 Å². The third-order valence-corrected chi connectivity index (χ3v) is 9.46. The van der Waals surface area contributed by atoms with Crippen molar-refractivity contribution in [2.75, 3.05) is 25.4 Å². The molecule has 1 saturated heterocycles. The van der Waals surface area contributed by atoms with E-state index in [-0.39, 0.29) is 5.41 Å². The van der Waals surface area contributed by atoms with E-state index < -0.39 is 16.4 Å². The van der Waals surface area contributed by atoms with E-state index in [0.29, 0.717) is 29.5 Å². The molecular formula is C28H30N2O2S. The maximum atomic E-state index is 12.6. The summed E-state index contributed by atoms with van der Waals surface area (Å²) >= 11 is 0. The molecule has 1 N–H and O–H groups in total. The molecule has 0 spiro atoms. The predicted octanol–water partition coefficient (Wildman–Crippen LogP) is 4.33. The highest BCUT2D eigenvalue weighted by atomic mass is 32.2. The number of benzene rings is 2. The Morgan fingerprint density at radius 3 is 2.21 bits per heavy atom. The first-order chi connectivity index (χ1) is 16.1. The van der Waals surface area contributed by atoms with Crippen LogP contribution in [-0.2, 0) is 21.8 Å². The van der Waals surface area contributed by atoms with E-state index in [0.717, 1.165) is 31.6 Å². The van der Waals surface area contributed by atoms with Gasteiger partial charge in [0.25, 0.3) is 0 Å². The second-order valence-corrected chi connectivity index (χ2v) is 11.5. The molecule has 1 fully saturated rings. The van der Waals surface area contributed by atoms with Crippen LogP contribution in [0.3, 0.4) is 0 Å². The fourth-order valence-corrected chi connectivity index (χ4v) is 7.56. The van der Waals surface area contributed by atoms with Gasteiger partial charge in [-0.05, 0) is 47.6 Å². The predicted molar refractivity (Wildman–Crippen MR) is 131 cm³/mol. The van der Waals surface area contributed by atoms with Crippen LogP contribution >= 0.6 is 0 Å². The maximum absolute atomic E-state index is 12.6. The molecule has 2 bridgehead atoms. The second kappa shape index (κ2) is 7.86. The number of likely N-dealkylation sites (tertiary alicyclic amines) is 1. The molecule has 6 rings (SSSR count). The Kier molecular flexibility index (Phi) is 5.05. The highest BCUT2D eigenvalue weighted by molar-refractivity contribution is 7.85. The number of nitrogens with zero attached hydrogens (tertiary/aromatic N) is 2. The molecule has 0 unspecified atom stereocenters. The van der Waals surface area contributed by atoms with Crippen LogP contribution in [0.1, 0.15) is 59.9 Å². The molecule has 33 heavy (non-hydrogen) atoms. The summed E-state index contributed by atoms with van der Waals surface area (Å²) in [5.41, 5.74) is 5.78. The minimum Gasteiger partial charge on any atom is -0.385 e. The van der Waals surface area contributed by atoms with Crippen molar-refractivity contribution in [1.29, 1.82) is 0 Å². The Hall–Kier alpha value is -2.34.